The van der Waals surface area contributed by atoms with Gasteiger partial charge in [0.05, 0.1) is 15.1 Å². The SMILES string of the molecule is Cc1ccccc1Cn1cc(C=C(C#N)Sc2nc3ccccc3s2)c2ccccc21. The summed E-state index contributed by atoms with van der Waals surface area (Å²) in [5, 5.41) is 11.0. The van der Waals surface area contributed by atoms with Gasteiger partial charge in [-0.2, -0.15) is 5.26 Å². The first kappa shape index (κ1) is 19.6. The lowest BCUT2D eigenvalue weighted by Crippen LogP contribution is -1.99. The van der Waals surface area contributed by atoms with Crippen molar-refractivity contribution in [3.63, 3.8) is 0 Å². The highest BCUT2D eigenvalue weighted by Crippen LogP contribution is 2.35. The number of rotatable bonds is 5. The maximum atomic E-state index is 9.80. The van der Waals surface area contributed by atoms with Crippen molar-refractivity contribution in [2.45, 2.75) is 17.8 Å². The maximum Gasteiger partial charge on any atom is 0.156 e. The molecule has 0 amide bonds. The van der Waals surface area contributed by atoms with E-state index >= 15 is 0 Å². The highest BCUT2D eigenvalue weighted by molar-refractivity contribution is 8.05. The highest BCUT2D eigenvalue weighted by Gasteiger charge is 2.11. The van der Waals surface area contributed by atoms with Gasteiger partial charge < -0.3 is 4.57 Å². The van der Waals surface area contributed by atoms with Crippen LogP contribution in [0.25, 0.3) is 27.2 Å². The Morgan fingerprint density at radius 1 is 1.06 bits per heavy atom. The van der Waals surface area contributed by atoms with Gasteiger partial charge in [-0.25, -0.2) is 4.98 Å². The van der Waals surface area contributed by atoms with E-state index in [1.807, 2.05) is 30.3 Å². The van der Waals surface area contributed by atoms with Gasteiger partial charge >= 0.3 is 0 Å². The third kappa shape index (κ3) is 4.00. The Morgan fingerprint density at radius 3 is 2.68 bits per heavy atom. The van der Waals surface area contributed by atoms with Crippen molar-refractivity contribution in [2.75, 3.05) is 0 Å². The molecule has 0 radical (unpaired) electrons. The molecule has 0 unspecified atom stereocenters. The van der Waals surface area contributed by atoms with Gasteiger partial charge in [0.15, 0.2) is 4.34 Å². The van der Waals surface area contributed by atoms with E-state index in [2.05, 4.69) is 77.3 Å². The number of nitriles is 1. The van der Waals surface area contributed by atoms with Crippen LogP contribution in [0.5, 0.6) is 0 Å². The summed E-state index contributed by atoms with van der Waals surface area (Å²) in [5.41, 5.74) is 5.76. The fourth-order valence-electron chi connectivity index (χ4n) is 3.71. The van der Waals surface area contributed by atoms with E-state index in [4.69, 9.17) is 0 Å². The summed E-state index contributed by atoms with van der Waals surface area (Å²) in [4.78, 5) is 5.30. The second kappa shape index (κ2) is 8.43. The van der Waals surface area contributed by atoms with E-state index in [0.717, 1.165) is 32.1 Å². The molecule has 150 valence electrons. The summed E-state index contributed by atoms with van der Waals surface area (Å²) in [6.45, 7) is 2.94. The second-order valence-corrected chi connectivity index (χ2v) is 9.65. The normalized spacial score (nSPS) is 11.8. The van der Waals surface area contributed by atoms with Gasteiger partial charge in [-0.3, -0.25) is 0 Å². The number of thioether (sulfide) groups is 1. The Kier molecular flexibility index (Phi) is 5.33. The summed E-state index contributed by atoms with van der Waals surface area (Å²) in [6, 6.07) is 27.2. The number of aryl methyl sites for hydroxylation is 1. The van der Waals surface area contributed by atoms with Crippen molar-refractivity contribution in [1.82, 2.24) is 9.55 Å². The Bertz CT molecular complexity index is 1430. The predicted octanol–water partition coefficient (Wildman–Crippen LogP) is 7.26. The number of thiazole rings is 1. The predicted molar refractivity (Wildman–Crippen MR) is 131 cm³/mol. The van der Waals surface area contributed by atoms with Crippen molar-refractivity contribution in [1.29, 1.82) is 5.26 Å². The molecule has 5 rings (SSSR count). The van der Waals surface area contributed by atoms with E-state index in [1.165, 1.54) is 28.4 Å². The third-order valence-corrected chi connectivity index (χ3v) is 7.32. The first-order valence-corrected chi connectivity index (χ1v) is 11.6. The van der Waals surface area contributed by atoms with Crippen molar-refractivity contribution < 1.29 is 0 Å². The molecule has 2 aromatic heterocycles. The van der Waals surface area contributed by atoms with Crippen molar-refractivity contribution in [3.05, 3.63) is 101 Å². The summed E-state index contributed by atoms with van der Waals surface area (Å²) in [5.74, 6) is 0. The first-order chi connectivity index (χ1) is 15.2. The monoisotopic (exact) mass is 437 g/mol. The molecule has 5 heteroatoms. The molecule has 0 atom stereocenters. The minimum atomic E-state index is 0.637. The number of allylic oxidation sites excluding steroid dienone is 1. The molecule has 0 fully saturated rings. The van der Waals surface area contributed by atoms with Crippen LogP contribution in [0, 0.1) is 18.3 Å². The van der Waals surface area contributed by atoms with Gasteiger partial charge in [0.1, 0.15) is 6.07 Å². The molecule has 0 aliphatic carbocycles. The fourth-order valence-corrected chi connectivity index (χ4v) is 5.67. The molecule has 31 heavy (non-hydrogen) atoms. The van der Waals surface area contributed by atoms with Crippen molar-refractivity contribution in [2.24, 2.45) is 0 Å². The fraction of sp³-hybridized carbons (Fsp3) is 0.0769. The van der Waals surface area contributed by atoms with E-state index in [0.29, 0.717) is 4.91 Å². The van der Waals surface area contributed by atoms with Gasteiger partial charge in [-0.15, -0.1) is 11.3 Å². The number of aromatic nitrogens is 2. The largest absolute Gasteiger partial charge is 0.342 e. The molecule has 2 heterocycles. The first-order valence-electron chi connectivity index (χ1n) is 9.99. The molecule has 3 nitrogen and oxygen atoms in total. The minimum Gasteiger partial charge on any atom is -0.342 e. The molecule has 3 aromatic carbocycles. The van der Waals surface area contributed by atoms with Crippen LogP contribution in [0.15, 0.2) is 88.2 Å². The lowest BCUT2D eigenvalue weighted by atomic mass is 10.1. The molecule has 0 saturated heterocycles. The van der Waals surface area contributed by atoms with Crippen LogP contribution < -0.4 is 0 Å². The summed E-state index contributed by atoms with van der Waals surface area (Å²) < 4.78 is 4.29. The van der Waals surface area contributed by atoms with Crippen LogP contribution in [0.1, 0.15) is 16.7 Å². The molecule has 0 saturated carbocycles. The quantitative estimate of drug-likeness (QED) is 0.214. The van der Waals surface area contributed by atoms with Crippen molar-refractivity contribution in [3.8, 4) is 6.07 Å². The number of hydrogen-bond donors (Lipinski definition) is 0. The van der Waals surface area contributed by atoms with E-state index < -0.39 is 0 Å². The van der Waals surface area contributed by atoms with Crippen LogP contribution in [0.4, 0.5) is 0 Å². The van der Waals surface area contributed by atoms with Gasteiger partial charge in [0.25, 0.3) is 0 Å². The maximum absolute atomic E-state index is 9.80. The van der Waals surface area contributed by atoms with E-state index in [9.17, 15) is 5.26 Å². The molecule has 0 N–H and O–H groups in total. The summed E-state index contributed by atoms with van der Waals surface area (Å²) >= 11 is 3.05. The number of para-hydroxylation sites is 2. The number of hydrogen-bond acceptors (Lipinski definition) is 4. The lowest BCUT2D eigenvalue weighted by molar-refractivity contribution is 0.830. The van der Waals surface area contributed by atoms with Gasteiger partial charge in [0.2, 0.25) is 0 Å². The number of nitrogens with zero attached hydrogens (tertiary/aromatic N) is 3. The Balaban J connectivity index is 1.52. The molecule has 0 aliphatic rings. The Labute approximate surface area is 189 Å². The summed E-state index contributed by atoms with van der Waals surface area (Å²) in [7, 11) is 0. The Hall–Kier alpha value is -3.33. The van der Waals surface area contributed by atoms with Crippen LogP contribution in [-0.4, -0.2) is 9.55 Å². The highest BCUT2D eigenvalue weighted by atomic mass is 32.2. The molecule has 5 aromatic rings. The minimum absolute atomic E-state index is 0.637. The average molecular weight is 438 g/mol. The zero-order valence-electron chi connectivity index (χ0n) is 16.9. The molecule has 0 spiro atoms. The summed E-state index contributed by atoms with van der Waals surface area (Å²) in [6.07, 6.45) is 4.13. The van der Waals surface area contributed by atoms with Gasteiger partial charge in [0, 0.05) is 29.2 Å². The lowest BCUT2D eigenvalue weighted by Gasteiger charge is -2.08. The van der Waals surface area contributed by atoms with Crippen LogP contribution in [0.2, 0.25) is 0 Å². The third-order valence-electron chi connectivity index (χ3n) is 5.29. The van der Waals surface area contributed by atoms with Crippen LogP contribution in [-0.2, 0) is 6.54 Å². The van der Waals surface area contributed by atoms with E-state index in [-0.39, 0.29) is 0 Å². The van der Waals surface area contributed by atoms with Crippen LogP contribution in [0.3, 0.4) is 0 Å². The topological polar surface area (TPSA) is 41.6 Å². The molecular formula is C26H19N3S2. The van der Waals surface area contributed by atoms with Crippen molar-refractivity contribution >= 4 is 50.3 Å². The number of benzene rings is 3. The smallest absolute Gasteiger partial charge is 0.156 e. The second-order valence-electron chi connectivity index (χ2n) is 7.33. The van der Waals surface area contributed by atoms with Gasteiger partial charge in [-0.1, -0.05) is 54.6 Å². The molecular weight excluding hydrogens is 418 g/mol. The zero-order chi connectivity index (χ0) is 21.2. The number of fused-ring (bicyclic) bond motifs is 2. The molecule has 0 aliphatic heterocycles. The zero-order valence-corrected chi connectivity index (χ0v) is 18.6. The average Bonchev–Trinajstić information content (AvgIpc) is 3.36. The molecule has 0 bridgehead atoms. The standard InChI is InChI=1S/C26H19N3S2/c1-18-8-2-3-9-19(18)16-29-17-20(22-10-4-6-12-24(22)29)14-21(15-27)30-26-28-23-11-5-7-13-25(23)31-26/h2-14,17H,16H2,1H3. The van der Waals surface area contributed by atoms with Crippen LogP contribution >= 0.6 is 23.1 Å². The van der Waals surface area contributed by atoms with E-state index in [1.54, 1.807) is 11.3 Å². The Morgan fingerprint density at radius 2 is 1.84 bits per heavy atom. The van der Waals surface area contributed by atoms with Gasteiger partial charge in [-0.05, 0) is 54.1 Å².